The quantitative estimate of drug-likeness (QED) is 0.519. The molecular weight excluding hydrogens is 461 g/mol. The van der Waals surface area contributed by atoms with E-state index in [9.17, 15) is 18.0 Å². The van der Waals surface area contributed by atoms with Gasteiger partial charge in [-0.25, -0.2) is 0 Å². The van der Waals surface area contributed by atoms with Gasteiger partial charge in [0, 0.05) is 36.6 Å². The standard InChI is InChI=1S/C24H22F3N3O2.CH3NO/c25-24(26,27)32-21-9-7-19(8-10-21)29-20-12-14-30(15-13-20)23(31)18-6-11-22(28-16-18)17-4-2-1-3-5-17;2-1-3/h1-11,16,20,29H,12-15H2;1H,(H2,2,3). The van der Waals surface area contributed by atoms with Gasteiger partial charge >= 0.3 is 6.36 Å². The fraction of sp³-hybridized carbons (Fsp3) is 0.240. The second-order valence-corrected chi connectivity index (χ2v) is 7.72. The van der Waals surface area contributed by atoms with Crippen LogP contribution >= 0.6 is 0 Å². The van der Waals surface area contributed by atoms with Crippen molar-refractivity contribution in [3.63, 3.8) is 0 Å². The molecule has 0 aliphatic carbocycles. The number of piperidine rings is 1. The number of ether oxygens (including phenoxy) is 1. The lowest BCUT2D eigenvalue weighted by atomic mass is 10.0. The number of anilines is 1. The summed E-state index contributed by atoms with van der Waals surface area (Å²) in [5, 5.41) is 3.31. The Balaban J connectivity index is 0.00000108. The summed E-state index contributed by atoms with van der Waals surface area (Å²) < 4.78 is 40.7. The highest BCUT2D eigenvalue weighted by atomic mass is 19.4. The van der Waals surface area contributed by atoms with Gasteiger partial charge in [-0.05, 0) is 49.2 Å². The first kappa shape index (κ1) is 25.5. The minimum Gasteiger partial charge on any atom is -0.406 e. The third-order valence-corrected chi connectivity index (χ3v) is 5.32. The second-order valence-electron chi connectivity index (χ2n) is 7.72. The first-order chi connectivity index (χ1) is 16.8. The molecule has 1 saturated heterocycles. The summed E-state index contributed by atoms with van der Waals surface area (Å²) in [5.41, 5.74) is 7.24. The van der Waals surface area contributed by atoms with E-state index in [4.69, 9.17) is 4.79 Å². The number of amides is 2. The van der Waals surface area contributed by atoms with Crippen LogP contribution in [0.25, 0.3) is 11.3 Å². The summed E-state index contributed by atoms with van der Waals surface area (Å²) in [6.45, 7) is 1.18. The molecule has 0 atom stereocenters. The average Bonchev–Trinajstić information content (AvgIpc) is 2.86. The Morgan fingerprint density at radius 1 is 1.03 bits per heavy atom. The number of alkyl halides is 3. The topological polar surface area (TPSA) is 97.6 Å². The molecule has 0 spiro atoms. The van der Waals surface area contributed by atoms with Crippen molar-refractivity contribution in [2.45, 2.75) is 25.2 Å². The van der Waals surface area contributed by atoms with Crippen LogP contribution < -0.4 is 15.8 Å². The van der Waals surface area contributed by atoms with Crippen molar-refractivity contribution in [3.05, 3.63) is 78.5 Å². The van der Waals surface area contributed by atoms with Crippen molar-refractivity contribution >= 4 is 18.0 Å². The molecule has 4 rings (SSSR count). The van der Waals surface area contributed by atoms with Gasteiger partial charge in [-0.2, -0.15) is 0 Å². The van der Waals surface area contributed by atoms with E-state index in [1.165, 1.54) is 12.1 Å². The molecule has 184 valence electrons. The van der Waals surface area contributed by atoms with Gasteiger partial charge in [0.1, 0.15) is 5.75 Å². The smallest absolute Gasteiger partial charge is 0.406 e. The maximum absolute atomic E-state index is 12.8. The van der Waals surface area contributed by atoms with E-state index in [2.05, 4.69) is 20.8 Å². The monoisotopic (exact) mass is 486 g/mol. The van der Waals surface area contributed by atoms with Crippen molar-refractivity contribution in [2.75, 3.05) is 18.4 Å². The molecule has 1 aliphatic heterocycles. The van der Waals surface area contributed by atoms with Crippen molar-refractivity contribution in [1.82, 2.24) is 9.88 Å². The highest BCUT2D eigenvalue weighted by Crippen LogP contribution is 2.25. The van der Waals surface area contributed by atoms with Gasteiger partial charge in [0.05, 0.1) is 11.3 Å². The minimum absolute atomic E-state index is 0.0517. The summed E-state index contributed by atoms with van der Waals surface area (Å²) in [5.74, 6) is -0.306. The molecule has 7 nitrogen and oxygen atoms in total. The molecule has 0 unspecified atom stereocenters. The number of benzene rings is 2. The van der Waals surface area contributed by atoms with Gasteiger partial charge in [-0.1, -0.05) is 30.3 Å². The number of nitrogens with two attached hydrogens (primary N) is 1. The van der Waals surface area contributed by atoms with E-state index in [-0.39, 0.29) is 24.1 Å². The zero-order valence-corrected chi connectivity index (χ0v) is 18.7. The largest absolute Gasteiger partial charge is 0.573 e. The molecule has 0 bridgehead atoms. The average molecular weight is 486 g/mol. The number of hydrogen-bond donors (Lipinski definition) is 2. The maximum atomic E-state index is 12.8. The first-order valence-corrected chi connectivity index (χ1v) is 10.9. The molecule has 3 N–H and O–H groups in total. The SMILES string of the molecule is NC=O.O=C(c1ccc(-c2ccccc2)nc1)N1CCC(Nc2ccc(OC(F)(F)F)cc2)CC1. The molecule has 2 amide bonds. The molecule has 1 aliphatic rings. The summed E-state index contributed by atoms with van der Waals surface area (Å²) in [7, 11) is 0. The molecule has 0 saturated carbocycles. The number of carbonyl (C=O) groups excluding carboxylic acids is 2. The highest BCUT2D eigenvalue weighted by Gasteiger charge is 2.31. The number of aromatic nitrogens is 1. The lowest BCUT2D eigenvalue weighted by Gasteiger charge is -2.33. The number of nitrogens with one attached hydrogen (secondary N) is 1. The molecule has 0 radical (unpaired) electrons. The number of likely N-dealkylation sites (tertiary alicyclic amines) is 1. The molecule has 35 heavy (non-hydrogen) atoms. The molecule has 2 aromatic carbocycles. The van der Waals surface area contributed by atoms with Crippen molar-refractivity contribution in [3.8, 4) is 17.0 Å². The van der Waals surface area contributed by atoms with Crippen LogP contribution in [0.4, 0.5) is 18.9 Å². The zero-order valence-electron chi connectivity index (χ0n) is 18.7. The fourth-order valence-corrected chi connectivity index (χ4v) is 3.70. The molecular formula is C25H25F3N4O3. The Kier molecular flexibility index (Phi) is 8.66. The minimum atomic E-state index is -4.70. The van der Waals surface area contributed by atoms with Crippen LogP contribution in [0.15, 0.2) is 72.9 Å². The van der Waals surface area contributed by atoms with Crippen LogP contribution in [0, 0.1) is 0 Å². The van der Waals surface area contributed by atoms with Gasteiger partial charge in [0.25, 0.3) is 5.91 Å². The lowest BCUT2D eigenvalue weighted by Crippen LogP contribution is -2.42. The van der Waals surface area contributed by atoms with Crippen molar-refractivity contribution in [2.24, 2.45) is 5.73 Å². The predicted molar refractivity (Wildman–Crippen MR) is 126 cm³/mol. The normalized spacial score (nSPS) is 13.9. The fourth-order valence-electron chi connectivity index (χ4n) is 3.70. The van der Waals surface area contributed by atoms with Gasteiger partial charge < -0.3 is 20.7 Å². The van der Waals surface area contributed by atoms with E-state index < -0.39 is 6.36 Å². The molecule has 2 heterocycles. The van der Waals surface area contributed by atoms with E-state index in [1.54, 1.807) is 29.3 Å². The van der Waals surface area contributed by atoms with Gasteiger partial charge in [0.15, 0.2) is 0 Å². The van der Waals surface area contributed by atoms with Gasteiger partial charge in [0.2, 0.25) is 6.41 Å². The van der Waals surface area contributed by atoms with Gasteiger partial charge in [-0.15, -0.1) is 13.2 Å². The second kappa shape index (κ2) is 11.9. The molecule has 3 aromatic rings. The number of primary amides is 1. The third-order valence-electron chi connectivity index (χ3n) is 5.32. The van der Waals surface area contributed by atoms with Crippen molar-refractivity contribution in [1.29, 1.82) is 0 Å². The Bertz CT molecular complexity index is 1080. The Labute approximate surface area is 200 Å². The van der Waals surface area contributed by atoms with Crippen LogP contribution in [0.1, 0.15) is 23.2 Å². The van der Waals surface area contributed by atoms with Crippen LogP contribution in [0.5, 0.6) is 5.75 Å². The number of rotatable bonds is 5. The van der Waals surface area contributed by atoms with E-state index in [0.29, 0.717) is 24.3 Å². The zero-order chi connectivity index (χ0) is 25.3. The maximum Gasteiger partial charge on any atom is 0.573 e. The number of hydrogen-bond acceptors (Lipinski definition) is 5. The van der Waals surface area contributed by atoms with Crippen LogP contribution in [-0.4, -0.2) is 47.7 Å². The molecule has 1 fully saturated rings. The van der Waals surface area contributed by atoms with E-state index in [0.717, 1.165) is 24.1 Å². The number of pyridine rings is 1. The lowest BCUT2D eigenvalue weighted by molar-refractivity contribution is -0.274. The van der Waals surface area contributed by atoms with Crippen LogP contribution in [0.2, 0.25) is 0 Å². The Morgan fingerprint density at radius 2 is 1.66 bits per heavy atom. The van der Waals surface area contributed by atoms with Crippen LogP contribution in [0.3, 0.4) is 0 Å². The van der Waals surface area contributed by atoms with Crippen molar-refractivity contribution < 1.29 is 27.5 Å². The van der Waals surface area contributed by atoms with Crippen LogP contribution in [-0.2, 0) is 4.79 Å². The number of carbonyl (C=O) groups is 2. The summed E-state index contributed by atoms with van der Waals surface area (Å²) in [6, 6.07) is 19.2. The third kappa shape index (κ3) is 7.73. The Morgan fingerprint density at radius 3 is 2.20 bits per heavy atom. The Hall–Kier alpha value is -4.08. The van der Waals surface area contributed by atoms with E-state index >= 15 is 0 Å². The molecule has 1 aromatic heterocycles. The summed E-state index contributed by atoms with van der Waals surface area (Å²) in [6.07, 6.45) is -1.37. The van der Waals surface area contributed by atoms with Gasteiger partial charge in [-0.3, -0.25) is 14.6 Å². The predicted octanol–water partition coefficient (Wildman–Crippen LogP) is 4.47. The first-order valence-electron chi connectivity index (χ1n) is 10.9. The summed E-state index contributed by atoms with van der Waals surface area (Å²) in [4.78, 5) is 27.6. The number of nitrogens with zero attached hydrogens (tertiary/aromatic N) is 2. The highest BCUT2D eigenvalue weighted by molar-refractivity contribution is 5.94. The van der Waals surface area contributed by atoms with E-state index in [1.807, 2.05) is 36.4 Å². The summed E-state index contributed by atoms with van der Waals surface area (Å²) >= 11 is 0. The number of halogens is 3. The molecule has 10 heteroatoms.